The maximum Gasteiger partial charge on any atom is 0.425 e. The van der Waals surface area contributed by atoms with Gasteiger partial charge in [-0.3, -0.25) is 19.4 Å². The van der Waals surface area contributed by atoms with Crippen LogP contribution in [0.3, 0.4) is 0 Å². The van der Waals surface area contributed by atoms with Crippen LogP contribution in [-0.2, 0) is 27.5 Å². The third-order valence-electron chi connectivity index (χ3n) is 10.9. The predicted octanol–water partition coefficient (Wildman–Crippen LogP) is 7.55. The smallest absolute Gasteiger partial charge is 0.425 e. The molecule has 2 amide bonds. The number of amides is 2. The normalized spacial score (nSPS) is 24.4. The van der Waals surface area contributed by atoms with Crippen LogP contribution in [0.1, 0.15) is 91.1 Å². The minimum absolute atomic E-state index is 0.0139. The SMILES string of the molecule is CCC[C@H]1N(C(=O)c2cnccc2C(F)(F)F)CCC[C@@]1(Oc1csc(C(F)(F)F)c1)C(=O)N1CCC(O)(c2ccccc2O[C@@H]2CCC(C(=O)O)C2)CC1. The predicted molar refractivity (Wildman–Crippen MR) is 186 cm³/mol. The van der Waals surface area contributed by atoms with E-state index >= 15 is 0 Å². The number of rotatable bonds is 10. The van der Waals surface area contributed by atoms with Crippen LogP contribution in [0.2, 0.25) is 0 Å². The third-order valence-corrected chi connectivity index (χ3v) is 11.8. The summed E-state index contributed by atoms with van der Waals surface area (Å²) >= 11 is 0.363. The van der Waals surface area contributed by atoms with Crippen LogP contribution < -0.4 is 9.47 Å². The molecule has 17 heteroatoms. The highest BCUT2D eigenvalue weighted by Crippen LogP contribution is 2.45. The van der Waals surface area contributed by atoms with Crippen molar-refractivity contribution in [1.29, 1.82) is 0 Å². The van der Waals surface area contributed by atoms with Crippen molar-refractivity contribution in [2.45, 2.75) is 100 Å². The number of hydrogen-bond donors (Lipinski definition) is 2. The summed E-state index contributed by atoms with van der Waals surface area (Å²) in [6, 6.07) is 7.11. The summed E-state index contributed by atoms with van der Waals surface area (Å²) in [6.07, 6.45) is -6.47. The molecule has 3 fully saturated rings. The molecule has 0 bridgehead atoms. The molecule has 55 heavy (non-hydrogen) atoms. The first-order valence-electron chi connectivity index (χ1n) is 18.1. The second-order valence-electron chi connectivity index (χ2n) is 14.4. The van der Waals surface area contributed by atoms with E-state index in [0.29, 0.717) is 54.4 Å². The standard InChI is InChI=1S/C38H41F6N3O7S/c1-2-6-30-36(54-25-20-31(55-22-25)38(42,43)44,12-5-16-47(30)32(48)26-21-45-15-11-27(26)37(39,40)41)34(51)46-17-13-35(52,14-18-46)28-7-3-4-8-29(28)53-24-10-9-23(19-24)33(49)50/h3-4,7-8,11,15,20-24,30,52H,2,5-6,9-10,12-14,16-19H2,1H3,(H,49,50)/t23?,24-,30-,36+/m1/s1. The fraction of sp³-hybridized carbons (Fsp3) is 0.526. The van der Waals surface area contributed by atoms with Crippen molar-refractivity contribution in [1.82, 2.24) is 14.8 Å². The third kappa shape index (κ3) is 8.27. The van der Waals surface area contributed by atoms with Gasteiger partial charge >= 0.3 is 18.3 Å². The Morgan fingerprint density at radius 2 is 1.73 bits per heavy atom. The van der Waals surface area contributed by atoms with Gasteiger partial charge in [-0.25, -0.2) is 0 Å². The Hall–Kier alpha value is -4.38. The molecule has 2 N–H and O–H groups in total. The number of aliphatic carboxylic acids is 1. The zero-order valence-corrected chi connectivity index (χ0v) is 30.7. The average molecular weight is 798 g/mol. The number of carboxylic acid groups (broad SMARTS) is 1. The van der Waals surface area contributed by atoms with Gasteiger partial charge in [-0.2, -0.15) is 26.3 Å². The van der Waals surface area contributed by atoms with Crippen LogP contribution in [0, 0.1) is 5.92 Å². The van der Waals surface area contributed by atoms with Gasteiger partial charge in [-0.05, 0) is 57.1 Å². The van der Waals surface area contributed by atoms with E-state index in [-0.39, 0.29) is 63.6 Å². The number of pyridine rings is 1. The zero-order chi connectivity index (χ0) is 39.8. The van der Waals surface area contributed by atoms with E-state index in [9.17, 15) is 50.9 Å². The van der Waals surface area contributed by atoms with E-state index in [0.717, 1.165) is 28.7 Å². The largest absolute Gasteiger partial charge is 0.490 e. The summed E-state index contributed by atoms with van der Waals surface area (Å²) in [6.45, 7) is 1.63. The number of carbonyl (C=O) groups is 3. The number of alkyl halides is 6. The molecule has 1 saturated carbocycles. The fourth-order valence-electron chi connectivity index (χ4n) is 8.12. The van der Waals surface area contributed by atoms with Gasteiger partial charge in [0.15, 0.2) is 0 Å². The highest BCUT2D eigenvalue weighted by molar-refractivity contribution is 7.10. The van der Waals surface area contributed by atoms with E-state index in [1.165, 1.54) is 4.90 Å². The molecule has 4 heterocycles. The first-order chi connectivity index (χ1) is 26.0. The van der Waals surface area contributed by atoms with Crippen LogP contribution in [0.5, 0.6) is 11.5 Å². The first-order valence-corrected chi connectivity index (χ1v) is 19.0. The Bertz CT molecular complexity index is 1880. The molecule has 2 aliphatic heterocycles. The molecule has 4 atom stereocenters. The lowest BCUT2D eigenvalue weighted by Gasteiger charge is -2.51. The number of piperidine rings is 2. The van der Waals surface area contributed by atoms with Gasteiger partial charge < -0.3 is 29.5 Å². The van der Waals surface area contributed by atoms with Crippen LogP contribution >= 0.6 is 11.3 Å². The van der Waals surface area contributed by atoms with Gasteiger partial charge in [-0.15, -0.1) is 11.3 Å². The van der Waals surface area contributed by atoms with E-state index in [1.807, 2.05) is 0 Å². The molecule has 1 aliphatic carbocycles. The van der Waals surface area contributed by atoms with Gasteiger partial charge in [0.1, 0.15) is 16.4 Å². The molecular formula is C38H41F6N3O7S. The van der Waals surface area contributed by atoms with Crippen LogP contribution in [0.4, 0.5) is 26.3 Å². The number of hydrogen-bond acceptors (Lipinski definition) is 8. The van der Waals surface area contributed by atoms with Crippen LogP contribution in [0.25, 0.3) is 0 Å². The lowest BCUT2D eigenvalue weighted by atomic mass is 9.78. The van der Waals surface area contributed by atoms with Crippen molar-refractivity contribution in [2.24, 2.45) is 5.92 Å². The molecule has 3 aliphatic rings. The van der Waals surface area contributed by atoms with Gasteiger partial charge in [0.05, 0.1) is 34.8 Å². The van der Waals surface area contributed by atoms with Crippen LogP contribution in [-0.4, -0.2) is 80.2 Å². The van der Waals surface area contributed by atoms with Crippen molar-refractivity contribution in [2.75, 3.05) is 19.6 Å². The number of nitrogens with zero attached hydrogens (tertiary/aromatic N) is 3. The molecule has 0 spiro atoms. The second-order valence-corrected chi connectivity index (χ2v) is 15.3. The fourth-order valence-corrected chi connectivity index (χ4v) is 8.80. The van der Waals surface area contributed by atoms with Crippen molar-refractivity contribution in [3.05, 3.63) is 75.7 Å². The summed E-state index contributed by atoms with van der Waals surface area (Å²) in [5.74, 6) is -3.01. The molecular weight excluding hydrogens is 756 g/mol. The number of thiophene rings is 1. The maximum atomic E-state index is 14.9. The van der Waals surface area contributed by atoms with E-state index in [1.54, 1.807) is 31.2 Å². The molecule has 2 saturated heterocycles. The molecule has 3 aromatic rings. The number of aromatic nitrogens is 1. The molecule has 298 valence electrons. The summed E-state index contributed by atoms with van der Waals surface area (Å²) in [7, 11) is 0. The van der Waals surface area contributed by atoms with Gasteiger partial charge in [0.2, 0.25) is 5.60 Å². The van der Waals surface area contributed by atoms with Gasteiger partial charge in [0, 0.05) is 55.5 Å². The average Bonchev–Trinajstić information content (AvgIpc) is 3.82. The lowest BCUT2D eigenvalue weighted by molar-refractivity contribution is -0.163. The molecule has 1 aromatic carbocycles. The van der Waals surface area contributed by atoms with Crippen LogP contribution in [0.15, 0.2) is 54.2 Å². The minimum Gasteiger partial charge on any atom is -0.490 e. The number of benzene rings is 1. The molecule has 10 nitrogen and oxygen atoms in total. The summed E-state index contributed by atoms with van der Waals surface area (Å²) in [5.41, 5.74) is -4.96. The van der Waals surface area contributed by atoms with Crippen molar-refractivity contribution in [3.8, 4) is 11.5 Å². The Morgan fingerprint density at radius 3 is 2.36 bits per heavy atom. The number of carbonyl (C=O) groups excluding carboxylic acids is 2. The van der Waals surface area contributed by atoms with Gasteiger partial charge in [-0.1, -0.05) is 31.5 Å². The number of carboxylic acids is 1. The topological polar surface area (TPSA) is 130 Å². The van der Waals surface area contributed by atoms with Crippen molar-refractivity contribution < 1.29 is 60.4 Å². The van der Waals surface area contributed by atoms with E-state index in [4.69, 9.17) is 9.47 Å². The molecule has 6 rings (SSSR count). The Labute approximate surface area is 317 Å². The number of halogens is 6. The first kappa shape index (κ1) is 40.3. The quantitative estimate of drug-likeness (QED) is 0.202. The van der Waals surface area contributed by atoms with E-state index < -0.39 is 69.3 Å². The summed E-state index contributed by atoms with van der Waals surface area (Å²) in [4.78, 5) is 45.8. The van der Waals surface area contributed by atoms with Crippen molar-refractivity contribution >= 4 is 29.1 Å². The van der Waals surface area contributed by atoms with E-state index in [2.05, 4.69) is 4.98 Å². The minimum atomic E-state index is -4.90. The number of ether oxygens (including phenoxy) is 2. The maximum absolute atomic E-state index is 14.9. The molecule has 1 unspecified atom stereocenters. The number of likely N-dealkylation sites (tertiary alicyclic amines) is 2. The zero-order valence-electron chi connectivity index (χ0n) is 29.9. The Balaban J connectivity index is 1.31. The lowest BCUT2D eigenvalue weighted by Crippen LogP contribution is -2.68. The summed E-state index contributed by atoms with van der Waals surface area (Å²) in [5, 5.41) is 22.5. The highest BCUT2D eigenvalue weighted by atomic mass is 32.1. The highest BCUT2D eigenvalue weighted by Gasteiger charge is 2.56. The monoisotopic (exact) mass is 797 g/mol. The van der Waals surface area contributed by atoms with Crippen molar-refractivity contribution in [3.63, 3.8) is 0 Å². The number of aliphatic hydroxyl groups is 1. The summed E-state index contributed by atoms with van der Waals surface area (Å²) < 4.78 is 95.8. The number of para-hydroxylation sites is 1. The Kier molecular flexibility index (Phi) is 11.5. The second kappa shape index (κ2) is 15.6. The molecule has 2 aromatic heterocycles. The molecule has 0 radical (unpaired) electrons. The Morgan fingerprint density at radius 1 is 1.00 bits per heavy atom. The van der Waals surface area contributed by atoms with Gasteiger partial charge in [0.25, 0.3) is 11.8 Å².